The van der Waals surface area contributed by atoms with Crippen LogP contribution in [0.4, 0.5) is 0 Å². The van der Waals surface area contributed by atoms with Crippen molar-refractivity contribution in [2.45, 2.75) is 33.4 Å². The Morgan fingerprint density at radius 3 is 2.71 bits per heavy atom. The van der Waals surface area contributed by atoms with E-state index in [1.807, 2.05) is 6.92 Å². The number of aromatic nitrogens is 1. The number of ether oxygens (including phenoxy) is 1. The standard InChI is InChI=1S/C10H18N2OS/c1-7(13-4)5-11-6-10-8(2)12-9(3)14-10/h7,11H,5-6H2,1-4H3. The SMILES string of the molecule is COC(C)CNCc1sc(C)nc1C. The van der Waals surface area contributed by atoms with E-state index in [2.05, 4.69) is 24.1 Å². The van der Waals surface area contributed by atoms with E-state index in [-0.39, 0.29) is 6.10 Å². The normalized spacial score (nSPS) is 13.1. The first-order valence-electron chi connectivity index (χ1n) is 4.80. The molecule has 1 N–H and O–H groups in total. The molecule has 4 heteroatoms. The zero-order valence-corrected chi connectivity index (χ0v) is 10.1. The highest BCUT2D eigenvalue weighted by Crippen LogP contribution is 2.16. The summed E-state index contributed by atoms with van der Waals surface area (Å²) in [4.78, 5) is 5.70. The van der Waals surface area contributed by atoms with Crippen molar-refractivity contribution in [1.82, 2.24) is 10.3 Å². The predicted molar refractivity (Wildman–Crippen MR) is 59.8 cm³/mol. The number of aryl methyl sites for hydroxylation is 2. The van der Waals surface area contributed by atoms with Crippen LogP contribution in [0.25, 0.3) is 0 Å². The van der Waals surface area contributed by atoms with Gasteiger partial charge in [0.15, 0.2) is 0 Å². The van der Waals surface area contributed by atoms with Crippen LogP contribution in [0.3, 0.4) is 0 Å². The first-order chi connectivity index (χ1) is 6.63. The summed E-state index contributed by atoms with van der Waals surface area (Å²) >= 11 is 1.76. The van der Waals surface area contributed by atoms with Crippen LogP contribution in [0.15, 0.2) is 0 Å². The molecule has 0 fully saturated rings. The van der Waals surface area contributed by atoms with Crippen LogP contribution in [0.2, 0.25) is 0 Å². The van der Waals surface area contributed by atoms with Gasteiger partial charge < -0.3 is 10.1 Å². The summed E-state index contributed by atoms with van der Waals surface area (Å²) in [5.41, 5.74) is 1.14. The van der Waals surface area contributed by atoms with Gasteiger partial charge >= 0.3 is 0 Å². The number of hydrogen-bond acceptors (Lipinski definition) is 4. The third-order valence-corrected chi connectivity index (χ3v) is 3.19. The average Bonchev–Trinajstić information content (AvgIpc) is 2.45. The Morgan fingerprint density at radius 1 is 1.50 bits per heavy atom. The minimum absolute atomic E-state index is 0.268. The monoisotopic (exact) mass is 214 g/mol. The lowest BCUT2D eigenvalue weighted by Crippen LogP contribution is -2.25. The van der Waals surface area contributed by atoms with Crippen molar-refractivity contribution < 1.29 is 4.74 Å². The van der Waals surface area contributed by atoms with Gasteiger partial charge in [0.05, 0.1) is 16.8 Å². The summed E-state index contributed by atoms with van der Waals surface area (Å²) < 4.78 is 5.15. The molecule has 0 aromatic carbocycles. The molecule has 1 aromatic rings. The number of methoxy groups -OCH3 is 1. The third kappa shape index (κ3) is 3.36. The lowest BCUT2D eigenvalue weighted by atomic mass is 10.3. The van der Waals surface area contributed by atoms with Gasteiger partial charge in [0, 0.05) is 25.1 Å². The minimum atomic E-state index is 0.268. The van der Waals surface area contributed by atoms with Crippen molar-refractivity contribution in [1.29, 1.82) is 0 Å². The fourth-order valence-electron chi connectivity index (χ4n) is 1.21. The molecule has 0 bridgehead atoms. The zero-order valence-electron chi connectivity index (χ0n) is 9.26. The van der Waals surface area contributed by atoms with Gasteiger partial charge in [-0.1, -0.05) is 0 Å². The lowest BCUT2D eigenvalue weighted by Gasteiger charge is -2.09. The molecule has 1 heterocycles. The molecule has 14 heavy (non-hydrogen) atoms. The van der Waals surface area contributed by atoms with Gasteiger partial charge in [0.2, 0.25) is 0 Å². The highest BCUT2D eigenvalue weighted by molar-refractivity contribution is 7.11. The smallest absolute Gasteiger partial charge is 0.0900 e. The van der Waals surface area contributed by atoms with E-state index in [1.54, 1.807) is 18.4 Å². The molecule has 1 atom stereocenters. The second-order valence-corrected chi connectivity index (χ2v) is 4.71. The number of thiazole rings is 1. The van der Waals surface area contributed by atoms with Gasteiger partial charge in [-0.25, -0.2) is 4.98 Å². The largest absolute Gasteiger partial charge is 0.380 e. The molecule has 1 unspecified atom stereocenters. The summed E-state index contributed by atoms with van der Waals surface area (Å²) in [6, 6.07) is 0. The molecule has 80 valence electrons. The second-order valence-electron chi connectivity index (χ2n) is 3.42. The van der Waals surface area contributed by atoms with Crippen molar-refractivity contribution >= 4 is 11.3 Å². The number of rotatable bonds is 5. The third-order valence-electron chi connectivity index (χ3n) is 2.12. The number of hydrogen-bond donors (Lipinski definition) is 1. The van der Waals surface area contributed by atoms with Gasteiger partial charge in [0.25, 0.3) is 0 Å². The maximum absolute atomic E-state index is 5.15. The Morgan fingerprint density at radius 2 is 2.21 bits per heavy atom. The Labute approximate surface area is 89.5 Å². The van der Waals surface area contributed by atoms with Crippen LogP contribution in [0.1, 0.15) is 22.5 Å². The quantitative estimate of drug-likeness (QED) is 0.812. The minimum Gasteiger partial charge on any atom is -0.380 e. The first kappa shape index (κ1) is 11.6. The van der Waals surface area contributed by atoms with Crippen LogP contribution in [-0.4, -0.2) is 24.7 Å². The molecule has 0 aliphatic rings. The molecule has 0 spiro atoms. The molecule has 0 amide bonds. The van der Waals surface area contributed by atoms with Crippen LogP contribution in [0, 0.1) is 13.8 Å². The van der Waals surface area contributed by atoms with Crippen molar-refractivity contribution in [3.63, 3.8) is 0 Å². The van der Waals surface area contributed by atoms with E-state index in [0.29, 0.717) is 0 Å². The van der Waals surface area contributed by atoms with Crippen LogP contribution in [-0.2, 0) is 11.3 Å². The van der Waals surface area contributed by atoms with Crippen molar-refractivity contribution in [3.05, 3.63) is 15.6 Å². The highest BCUT2D eigenvalue weighted by Gasteiger charge is 2.04. The van der Waals surface area contributed by atoms with E-state index in [0.717, 1.165) is 23.8 Å². The lowest BCUT2D eigenvalue weighted by molar-refractivity contribution is 0.117. The first-order valence-corrected chi connectivity index (χ1v) is 5.61. The number of nitrogens with one attached hydrogen (secondary N) is 1. The molecule has 1 rings (SSSR count). The predicted octanol–water partition coefficient (Wildman–Crippen LogP) is 1.88. The molecular formula is C10H18N2OS. The fourth-order valence-corrected chi connectivity index (χ4v) is 2.12. The van der Waals surface area contributed by atoms with E-state index >= 15 is 0 Å². The summed E-state index contributed by atoms with van der Waals surface area (Å²) in [5, 5.41) is 4.49. The maximum atomic E-state index is 5.15. The molecule has 0 radical (unpaired) electrons. The molecule has 0 aliphatic heterocycles. The highest BCUT2D eigenvalue weighted by atomic mass is 32.1. The fraction of sp³-hybridized carbons (Fsp3) is 0.700. The van der Waals surface area contributed by atoms with Gasteiger partial charge in [-0.3, -0.25) is 0 Å². The molecule has 0 saturated heterocycles. The maximum Gasteiger partial charge on any atom is 0.0900 e. The van der Waals surface area contributed by atoms with Gasteiger partial charge in [-0.2, -0.15) is 0 Å². The Balaban J connectivity index is 2.34. The second kappa shape index (κ2) is 5.44. The van der Waals surface area contributed by atoms with E-state index in [1.165, 1.54) is 4.88 Å². The molecular weight excluding hydrogens is 196 g/mol. The van der Waals surface area contributed by atoms with Gasteiger partial charge in [-0.15, -0.1) is 11.3 Å². The van der Waals surface area contributed by atoms with Crippen LogP contribution < -0.4 is 5.32 Å². The van der Waals surface area contributed by atoms with E-state index in [4.69, 9.17) is 4.74 Å². The number of nitrogens with zero attached hydrogens (tertiary/aromatic N) is 1. The topological polar surface area (TPSA) is 34.1 Å². The van der Waals surface area contributed by atoms with Crippen molar-refractivity contribution in [2.24, 2.45) is 0 Å². The molecule has 0 aliphatic carbocycles. The Kier molecular flexibility index (Phi) is 4.51. The van der Waals surface area contributed by atoms with Crippen LogP contribution in [0.5, 0.6) is 0 Å². The van der Waals surface area contributed by atoms with Crippen LogP contribution >= 0.6 is 11.3 Å². The summed E-state index contributed by atoms with van der Waals surface area (Å²) in [7, 11) is 1.73. The van der Waals surface area contributed by atoms with Gasteiger partial charge in [-0.05, 0) is 20.8 Å². The molecule has 0 saturated carbocycles. The summed E-state index contributed by atoms with van der Waals surface area (Å²) in [6.07, 6.45) is 0.268. The van der Waals surface area contributed by atoms with Crippen molar-refractivity contribution in [3.8, 4) is 0 Å². The summed E-state index contributed by atoms with van der Waals surface area (Å²) in [6.45, 7) is 7.93. The zero-order chi connectivity index (χ0) is 10.6. The Bertz CT molecular complexity index is 286. The van der Waals surface area contributed by atoms with E-state index < -0.39 is 0 Å². The Hall–Kier alpha value is -0.450. The average molecular weight is 214 g/mol. The molecule has 1 aromatic heterocycles. The molecule has 3 nitrogen and oxygen atoms in total. The van der Waals surface area contributed by atoms with Gasteiger partial charge in [0.1, 0.15) is 0 Å². The van der Waals surface area contributed by atoms with E-state index in [9.17, 15) is 0 Å². The summed E-state index contributed by atoms with van der Waals surface area (Å²) in [5.74, 6) is 0. The van der Waals surface area contributed by atoms with Crippen molar-refractivity contribution in [2.75, 3.05) is 13.7 Å².